The van der Waals surface area contributed by atoms with Gasteiger partial charge in [0.05, 0.1) is 12.2 Å². The molecule has 1 aliphatic rings. The van der Waals surface area contributed by atoms with Gasteiger partial charge in [0.1, 0.15) is 0 Å². The lowest BCUT2D eigenvalue weighted by atomic mass is 10.0. The molecule has 0 saturated heterocycles. The zero-order valence-electron chi connectivity index (χ0n) is 13.5. The first kappa shape index (κ1) is 15.7. The maximum Gasteiger partial charge on any atom is 0.322 e. The van der Waals surface area contributed by atoms with Crippen LogP contribution in [-0.4, -0.2) is 27.7 Å². The number of H-pyrrole nitrogens is 1. The quantitative estimate of drug-likeness (QED) is 0.721. The lowest BCUT2D eigenvalue weighted by molar-refractivity contribution is 0.206. The Morgan fingerprint density at radius 2 is 2.00 bits per heavy atom. The van der Waals surface area contributed by atoms with Gasteiger partial charge in [-0.15, -0.1) is 0 Å². The molecule has 0 saturated carbocycles. The summed E-state index contributed by atoms with van der Waals surface area (Å²) < 4.78 is 0. The molecule has 6 heteroatoms. The monoisotopic (exact) mass is 352 g/mol. The molecule has 0 bridgehead atoms. The second kappa shape index (κ2) is 6.61. The molecular formula is C19H17ClN4O. The predicted molar refractivity (Wildman–Crippen MR) is 98.6 cm³/mol. The molecular weight excluding hydrogens is 336 g/mol. The van der Waals surface area contributed by atoms with E-state index >= 15 is 0 Å². The standard InChI is InChI=1S/C19H17ClN4O/c20-14-7-4-8-15(11-14)21-19(25)24-10-9-17-16(12-24)18(23-22-17)13-5-2-1-3-6-13/h1-8,11H,9-10,12H2,(H,21,25)(H,22,23). The number of halogens is 1. The summed E-state index contributed by atoms with van der Waals surface area (Å²) in [6, 6.07) is 17.0. The summed E-state index contributed by atoms with van der Waals surface area (Å²) in [4.78, 5) is 14.4. The molecule has 2 heterocycles. The average Bonchev–Trinajstić information content (AvgIpc) is 3.05. The van der Waals surface area contributed by atoms with E-state index in [4.69, 9.17) is 11.6 Å². The van der Waals surface area contributed by atoms with Gasteiger partial charge < -0.3 is 10.2 Å². The van der Waals surface area contributed by atoms with Crippen molar-refractivity contribution in [1.29, 1.82) is 0 Å². The van der Waals surface area contributed by atoms with Crippen molar-refractivity contribution in [3.05, 3.63) is 70.9 Å². The van der Waals surface area contributed by atoms with Crippen LogP contribution in [-0.2, 0) is 13.0 Å². The highest BCUT2D eigenvalue weighted by molar-refractivity contribution is 6.30. The Labute approximate surface area is 150 Å². The predicted octanol–water partition coefficient (Wildman–Crippen LogP) is 4.32. The van der Waals surface area contributed by atoms with Crippen molar-refractivity contribution in [2.45, 2.75) is 13.0 Å². The Morgan fingerprint density at radius 1 is 1.16 bits per heavy atom. The van der Waals surface area contributed by atoms with Crippen LogP contribution in [0.5, 0.6) is 0 Å². The minimum absolute atomic E-state index is 0.131. The third kappa shape index (κ3) is 3.23. The van der Waals surface area contributed by atoms with E-state index in [1.807, 2.05) is 42.5 Å². The summed E-state index contributed by atoms with van der Waals surface area (Å²) in [5.41, 5.74) is 4.84. The second-order valence-corrected chi connectivity index (χ2v) is 6.44. The molecule has 0 aliphatic carbocycles. The van der Waals surface area contributed by atoms with Crippen LogP contribution in [0.4, 0.5) is 10.5 Å². The highest BCUT2D eigenvalue weighted by Crippen LogP contribution is 2.28. The first-order valence-electron chi connectivity index (χ1n) is 8.14. The highest BCUT2D eigenvalue weighted by Gasteiger charge is 2.25. The number of rotatable bonds is 2. The minimum Gasteiger partial charge on any atom is -0.320 e. The third-order valence-corrected chi connectivity index (χ3v) is 4.58. The fourth-order valence-corrected chi connectivity index (χ4v) is 3.26. The van der Waals surface area contributed by atoms with E-state index in [1.54, 1.807) is 17.0 Å². The molecule has 3 aromatic rings. The van der Waals surface area contributed by atoms with Gasteiger partial charge in [0.25, 0.3) is 0 Å². The van der Waals surface area contributed by atoms with Gasteiger partial charge in [-0.1, -0.05) is 48.0 Å². The van der Waals surface area contributed by atoms with Crippen LogP contribution in [0.1, 0.15) is 11.3 Å². The number of fused-ring (bicyclic) bond motifs is 1. The molecule has 0 unspecified atom stereocenters. The van der Waals surface area contributed by atoms with Crippen LogP contribution in [0, 0.1) is 0 Å². The van der Waals surface area contributed by atoms with Crippen LogP contribution in [0.25, 0.3) is 11.3 Å². The van der Waals surface area contributed by atoms with Gasteiger partial charge in [0.2, 0.25) is 0 Å². The number of carbonyl (C=O) groups excluding carboxylic acids is 1. The number of nitrogens with zero attached hydrogens (tertiary/aromatic N) is 2. The molecule has 4 rings (SSSR count). The molecule has 0 spiro atoms. The first-order chi connectivity index (χ1) is 12.2. The number of hydrogen-bond donors (Lipinski definition) is 2. The number of aromatic amines is 1. The van der Waals surface area contributed by atoms with Crippen LogP contribution in [0.3, 0.4) is 0 Å². The Balaban J connectivity index is 1.54. The molecule has 0 fully saturated rings. The summed E-state index contributed by atoms with van der Waals surface area (Å²) in [5, 5.41) is 11.1. The Bertz CT molecular complexity index is 907. The molecule has 1 aliphatic heterocycles. The molecule has 1 aromatic heterocycles. The van der Waals surface area contributed by atoms with Crippen molar-refractivity contribution >= 4 is 23.3 Å². The van der Waals surface area contributed by atoms with Gasteiger partial charge in [0, 0.05) is 40.5 Å². The summed E-state index contributed by atoms with van der Waals surface area (Å²) in [5.74, 6) is 0. The van der Waals surface area contributed by atoms with Gasteiger partial charge in [-0.25, -0.2) is 4.79 Å². The maximum absolute atomic E-state index is 12.6. The number of hydrogen-bond acceptors (Lipinski definition) is 2. The van der Waals surface area contributed by atoms with E-state index in [1.165, 1.54) is 0 Å². The van der Waals surface area contributed by atoms with E-state index < -0.39 is 0 Å². The van der Waals surface area contributed by atoms with Crippen LogP contribution >= 0.6 is 11.6 Å². The lowest BCUT2D eigenvalue weighted by Crippen LogP contribution is -2.38. The third-order valence-electron chi connectivity index (χ3n) is 4.34. The highest BCUT2D eigenvalue weighted by atomic mass is 35.5. The van der Waals surface area contributed by atoms with Crippen LogP contribution in [0.15, 0.2) is 54.6 Å². The number of amides is 2. The molecule has 25 heavy (non-hydrogen) atoms. The topological polar surface area (TPSA) is 61.0 Å². The fourth-order valence-electron chi connectivity index (χ4n) is 3.07. The van der Waals surface area contributed by atoms with Crippen molar-refractivity contribution in [1.82, 2.24) is 15.1 Å². The summed E-state index contributed by atoms with van der Waals surface area (Å²) >= 11 is 5.98. The van der Waals surface area contributed by atoms with Crippen LogP contribution < -0.4 is 5.32 Å². The zero-order chi connectivity index (χ0) is 17.2. The largest absolute Gasteiger partial charge is 0.322 e. The number of nitrogens with one attached hydrogen (secondary N) is 2. The first-order valence-corrected chi connectivity index (χ1v) is 8.51. The van der Waals surface area contributed by atoms with Gasteiger partial charge in [-0.2, -0.15) is 5.10 Å². The fraction of sp³-hybridized carbons (Fsp3) is 0.158. The van der Waals surface area contributed by atoms with Crippen molar-refractivity contribution in [2.75, 3.05) is 11.9 Å². The number of aromatic nitrogens is 2. The van der Waals surface area contributed by atoms with Gasteiger partial charge in [-0.3, -0.25) is 5.10 Å². The smallest absolute Gasteiger partial charge is 0.320 e. The number of anilines is 1. The van der Waals surface area contributed by atoms with Crippen LogP contribution in [0.2, 0.25) is 5.02 Å². The van der Waals surface area contributed by atoms with E-state index in [9.17, 15) is 4.79 Å². The molecule has 0 atom stereocenters. The maximum atomic E-state index is 12.6. The minimum atomic E-state index is -0.131. The molecule has 2 aromatic carbocycles. The van der Waals surface area contributed by atoms with Crippen molar-refractivity contribution in [3.8, 4) is 11.3 Å². The second-order valence-electron chi connectivity index (χ2n) is 6.01. The summed E-state index contributed by atoms with van der Waals surface area (Å²) in [7, 11) is 0. The zero-order valence-corrected chi connectivity index (χ0v) is 14.3. The SMILES string of the molecule is O=C(Nc1cccc(Cl)c1)N1CCc2[nH]nc(-c3ccccc3)c2C1. The molecule has 126 valence electrons. The van der Waals surface area contributed by atoms with E-state index in [0.29, 0.717) is 23.8 Å². The average molecular weight is 353 g/mol. The molecule has 5 nitrogen and oxygen atoms in total. The Hall–Kier alpha value is -2.79. The summed E-state index contributed by atoms with van der Waals surface area (Å²) in [6.07, 6.45) is 0.762. The van der Waals surface area contributed by atoms with Crippen molar-refractivity contribution in [2.24, 2.45) is 0 Å². The number of benzene rings is 2. The Morgan fingerprint density at radius 3 is 2.80 bits per heavy atom. The molecule has 0 radical (unpaired) electrons. The number of urea groups is 1. The molecule has 2 amide bonds. The van der Waals surface area contributed by atoms with E-state index in [-0.39, 0.29) is 6.03 Å². The van der Waals surface area contributed by atoms with Gasteiger partial charge in [-0.05, 0) is 18.2 Å². The van der Waals surface area contributed by atoms with E-state index in [2.05, 4.69) is 15.5 Å². The van der Waals surface area contributed by atoms with Crippen molar-refractivity contribution < 1.29 is 4.79 Å². The van der Waals surface area contributed by atoms with E-state index in [0.717, 1.165) is 28.9 Å². The van der Waals surface area contributed by atoms with Crippen molar-refractivity contribution in [3.63, 3.8) is 0 Å². The number of carbonyl (C=O) groups is 1. The molecule has 2 N–H and O–H groups in total. The lowest BCUT2D eigenvalue weighted by Gasteiger charge is -2.27. The van der Waals surface area contributed by atoms with Gasteiger partial charge in [0.15, 0.2) is 0 Å². The Kier molecular flexibility index (Phi) is 4.15. The van der Waals surface area contributed by atoms with Gasteiger partial charge >= 0.3 is 6.03 Å². The summed E-state index contributed by atoms with van der Waals surface area (Å²) in [6.45, 7) is 1.18. The normalized spacial score (nSPS) is 13.4.